The van der Waals surface area contributed by atoms with Crippen molar-refractivity contribution in [2.75, 3.05) is 26.4 Å². The van der Waals surface area contributed by atoms with Crippen molar-refractivity contribution < 1.29 is 9.84 Å². The molecule has 1 fully saturated rings. The van der Waals surface area contributed by atoms with Crippen LogP contribution >= 0.6 is 12.4 Å². The quantitative estimate of drug-likeness (QED) is 0.598. The van der Waals surface area contributed by atoms with Crippen LogP contribution in [-0.4, -0.2) is 37.5 Å². The van der Waals surface area contributed by atoms with Crippen molar-refractivity contribution in [1.29, 1.82) is 0 Å². The molecule has 2 N–H and O–H groups in total. The largest absolute Gasteiger partial charge is 0.396 e. The van der Waals surface area contributed by atoms with E-state index >= 15 is 0 Å². The normalized spacial score (nSPS) is 25.5. The van der Waals surface area contributed by atoms with Gasteiger partial charge in [-0.3, -0.25) is 0 Å². The molecule has 0 radical (unpaired) electrons. The summed E-state index contributed by atoms with van der Waals surface area (Å²) in [5, 5.41) is 11.8. The fraction of sp³-hybridized carbons (Fsp3) is 1.00. The highest BCUT2D eigenvalue weighted by atomic mass is 35.5. The van der Waals surface area contributed by atoms with Gasteiger partial charge in [0.05, 0.1) is 13.2 Å². The summed E-state index contributed by atoms with van der Waals surface area (Å²) >= 11 is 0. The van der Waals surface area contributed by atoms with Gasteiger partial charge in [-0.25, -0.2) is 0 Å². The number of ether oxygens (including phenoxy) is 1. The number of nitrogens with one attached hydrogen (secondary N) is 1. The van der Waals surface area contributed by atoms with Gasteiger partial charge in [0.2, 0.25) is 0 Å². The van der Waals surface area contributed by atoms with Crippen LogP contribution < -0.4 is 5.32 Å². The van der Waals surface area contributed by atoms with E-state index in [-0.39, 0.29) is 19.0 Å². The van der Waals surface area contributed by atoms with Crippen molar-refractivity contribution in [1.82, 2.24) is 5.32 Å². The van der Waals surface area contributed by atoms with Gasteiger partial charge in [0.15, 0.2) is 0 Å². The van der Waals surface area contributed by atoms with Crippen LogP contribution in [0.4, 0.5) is 0 Å². The van der Waals surface area contributed by atoms with Crippen LogP contribution in [0.2, 0.25) is 0 Å². The van der Waals surface area contributed by atoms with Gasteiger partial charge in [-0.2, -0.15) is 0 Å². The first-order chi connectivity index (χ1) is 4.43. The van der Waals surface area contributed by atoms with E-state index in [1.807, 2.05) is 0 Å². The van der Waals surface area contributed by atoms with Crippen molar-refractivity contribution in [2.24, 2.45) is 0 Å². The van der Waals surface area contributed by atoms with Crippen LogP contribution in [0, 0.1) is 0 Å². The molecule has 0 bridgehead atoms. The van der Waals surface area contributed by atoms with E-state index in [1.54, 1.807) is 0 Å². The molecule has 0 spiro atoms. The number of rotatable bonds is 2. The summed E-state index contributed by atoms with van der Waals surface area (Å²) in [6.07, 6.45) is 0.806. The van der Waals surface area contributed by atoms with Crippen LogP contribution in [-0.2, 0) is 4.74 Å². The Bertz CT molecular complexity index is 73.4. The molecule has 62 valence electrons. The Kier molecular flexibility index (Phi) is 6.02. The summed E-state index contributed by atoms with van der Waals surface area (Å²) in [7, 11) is 0. The number of aliphatic hydroxyl groups excluding tert-OH is 1. The molecule has 1 saturated heterocycles. The third-order valence-electron chi connectivity index (χ3n) is 1.48. The first-order valence-corrected chi connectivity index (χ1v) is 3.35. The zero-order valence-electron chi connectivity index (χ0n) is 5.88. The molecule has 0 amide bonds. The predicted octanol–water partition coefficient (Wildman–Crippen LogP) is -0.221. The smallest absolute Gasteiger partial charge is 0.0621 e. The Hall–Kier alpha value is 0.170. The minimum Gasteiger partial charge on any atom is -0.396 e. The topological polar surface area (TPSA) is 41.5 Å². The van der Waals surface area contributed by atoms with E-state index in [4.69, 9.17) is 9.84 Å². The van der Waals surface area contributed by atoms with Crippen molar-refractivity contribution >= 4 is 12.4 Å². The molecule has 0 saturated carbocycles. The zero-order valence-corrected chi connectivity index (χ0v) is 6.69. The molecule has 0 aromatic heterocycles. The zero-order chi connectivity index (χ0) is 6.53. The van der Waals surface area contributed by atoms with Crippen LogP contribution in [0.25, 0.3) is 0 Å². The SMILES string of the molecule is Cl.OCC[C@@H]1COCCN1. The molecule has 1 heterocycles. The van der Waals surface area contributed by atoms with E-state index < -0.39 is 0 Å². The lowest BCUT2D eigenvalue weighted by molar-refractivity contribution is 0.0677. The van der Waals surface area contributed by atoms with E-state index in [2.05, 4.69) is 5.32 Å². The third-order valence-corrected chi connectivity index (χ3v) is 1.48. The summed E-state index contributed by atoms with van der Waals surface area (Å²) in [6, 6.07) is 0.378. The highest BCUT2D eigenvalue weighted by Crippen LogP contribution is 1.95. The molecule has 1 atom stereocenters. The monoisotopic (exact) mass is 167 g/mol. The lowest BCUT2D eigenvalue weighted by Gasteiger charge is -2.22. The van der Waals surface area contributed by atoms with Crippen LogP contribution in [0.5, 0.6) is 0 Å². The number of hydrogen-bond acceptors (Lipinski definition) is 3. The molecule has 4 heteroatoms. The van der Waals surface area contributed by atoms with E-state index in [0.29, 0.717) is 6.04 Å². The van der Waals surface area contributed by atoms with Crippen molar-refractivity contribution in [2.45, 2.75) is 12.5 Å². The maximum Gasteiger partial charge on any atom is 0.0621 e. The lowest BCUT2D eigenvalue weighted by atomic mass is 10.2. The second kappa shape index (κ2) is 5.92. The van der Waals surface area contributed by atoms with Gasteiger partial charge in [-0.1, -0.05) is 0 Å². The Morgan fingerprint density at radius 3 is 2.90 bits per heavy atom. The lowest BCUT2D eigenvalue weighted by Crippen LogP contribution is -2.41. The second-order valence-corrected chi connectivity index (χ2v) is 2.24. The molecule has 10 heavy (non-hydrogen) atoms. The molecule has 0 unspecified atom stereocenters. The maximum atomic E-state index is 8.52. The molecule has 0 aromatic carbocycles. The molecular formula is C6H14ClNO2. The molecule has 1 aliphatic heterocycles. The van der Waals surface area contributed by atoms with E-state index in [0.717, 1.165) is 26.2 Å². The average molecular weight is 168 g/mol. The Morgan fingerprint density at radius 1 is 1.60 bits per heavy atom. The summed E-state index contributed by atoms with van der Waals surface area (Å²) in [5.74, 6) is 0. The first-order valence-electron chi connectivity index (χ1n) is 3.35. The molecular weight excluding hydrogens is 154 g/mol. The molecule has 1 aliphatic rings. The molecule has 1 rings (SSSR count). The summed E-state index contributed by atoms with van der Waals surface area (Å²) in [5.41, 5.74) is 0. The van der Waals surface area contributed by atoms with Gasteiger partial charge in [0.1, 0.15) is 0 Å². The van der Waals surface area contributed by atoms with E-state index in [9.17, 15) is 0 Å². The third kappa shape index (κ3) is 3.37. The van der Waals surface area contributed by atoms with Crippen LogP contribution in [0.1, 0.15) is 6.42 Å². The summed E-state index contributed by atoms with van der Waals surface area (Å²) in [6.45, 7) is 2.73. The van der Waals surface area contributed by atoms with E-state index in [1.165, 1.54) is 0 Å². The van der Waals surface area contributed by atoms with Gasteiger partial charge >= 0.3 is 0 Å². The Balaban J connectivity index is 0.000000810. The van der Waals surface area contributed by atoms with Gasteiger partial charge in [0.25, 0.3) is 0 Å². The van der Waals surface area contributed by atoms with Crippen LogP contribution in [0.15, 0.2) is 0 Å². The summed E-state index contributed by atoms with van der Waals surface area (Å²) < 4.78 is 5.16. The Labute approximate surface area is 67.2 Å². The summed E-state index contributed by atoms with van der Waals surface area (Å²) in [4.78, 5) is 0. The highest BCUT2D eigenvalue weighted by molar-refractivity contribution is 5.85. The highest BCUT2D eigenvalue weighted by Gasteiger charge is 2.10. The minimum atomic E-state index is 0. The fourth-order valence-corrected chi connectivity index (χ4v) is 0.961. The number of halogens is 1. The van der Waals surface area contributed by atoms with Crippen LogP contribution in [0.3, 0.4) is 0 Å². The first kappa shape index (κ1) is 10.2. The van der Waals surface area contributed by atoms with Crippen molar-refractivity contribution in [3.8, 4) is 0 Å². The number of hydrogen-bond donors (Lipinski definition) is 2. The number of morpholine rings is 1. The maximum absolute atomic E-state index is 8.52. The fourth-order valence-electron chi connectivity index (χ4n) is 0.961. The van der Waals surface area contributed by atoms with Crippen molar-refractivity contribution in [3.05, 3.63) is 0 Å². The van der Waals surface area contributed by atoms with Gasteiger partial charge in [-0.15, -0.1) is 12.4 Å². The standard InChI is InChI=1S/C6H13NO2.ClH/c8-3-1-6-5-9-4-2-7-6;/h6-8H,1-5H2;1H/t6-;/m1./s1. The molecule has 3 nitrogen and oxygen atoms in total. The number of aliphatic hydroxyl groups is 1. The van der Waals surface area contributed by atoms with Gasteiger partial charge < -0.3 is 15.2 Å². The minimum absolute atomic E-state index is 0. The molecule has 0 aliphatic carbocycles. The second-order valence-electron chi connectivity index (χ2n) is 2.24. The van der Waals surface area contributed by atoms with Gasteiger partial charge in [0, 0.05) is 19.2 Å². The predicted molar refractivity (Wildman–Crippen MR) is 41.6 cm³/mol. The average Bonchev–Trinajstić information content (AvgIpc) is 1.91. The van der Waals surface area contributed by atoms with Crippen molar-refractivity contribution in [3.63, 3.8) is 0 Å². The molecule has 0 aromatic rings. The van der Waals surface area contributed by atoms with Gasteiger partial charge in [-0.05, 0) is 6.42 Å². The Morgan fingerprint density at radius 2 is 2.40 bits per heavy atom.